The van der Waals surface area contributed by atoms with Crippen molar-refractivity contribution < 1.29 is 15.0 Å². The van der Waals surface area contributed by atoms with Crippen LogP contribution >= 0.6 is 0 Å². The van der Waals surface area contributed by atoms with Crippen molar-refractivity contribution in [3.8, 4) is 5.75 Å². The van der Waals surface area contributed by atoms with Crippen LogP contribution in [0.2, 0.25) is 0 Å². The van der Waals surface area contributed by atoms with E-state index in [1.54, 1.807) is 6.07 Å². The molecule has 6 heteroatoms. The zero-order chi connectivity index (χ0) is 23.8. The Morgan fingerprint density at radius 2 is 1.97 bits per heavy atom. The van der Waals surface area contributed by atoms with E-state index in [0.717, 1.165) is 57.0 Å². The molecule has 0 aromatic heterocycles. The van der Waals surface area contributed by atoms with Gasteiger partial charge in [0.2, 0.25) is 5.91 Å². The topological polar surface area (TPSA) is 76.0 Å². The first-order valence-corrected chi connectivity index (χ1v) is 14.3. The smallest absolute Gasteiger partial charge is 0.223 e. The molecule has 4 aliphatic carbocycles. The summed E-state index contributed by atoms with van der Waals surface area (Å²) >= 11 is 0. The molecule has 1 aromatic carbocycles. The van der Waals surface area contributed by atoms with Crippen LogP contribution in [0.1, 0.15) is 62.5 Å². The van der Waals surface area contributed by atoms with Crippen molar-refractivity contribution in [2.45, 2.75) is 74.8 Å². The Balaban J connectivity index is 1.18. The molecule has 1 spiro atoms. The maximum atomic E-state index is 13.5. The van der Waals surface area contributed by atoms with Gasteiger partial charge in [-0.15, -0.1) is 0 Å². The quantitative estimate of drug-likeness (QED) is 0.585. The monoisotopic (exact) mass is 479 g/mol. The standard InChI is InChI=1S/C29H41N3O3/c33-23-7-6-20-12-21-18-32(17-19-4-5-19)26-14-25(21)28(24(20)13-23)15-22(16-29(26,28)35)27(34)30-8-11-31-9-2-1-3-10-31/h6-7,13,19,21-22,25-26,33,35H,1-5,8-12,14-18H2,(H,30,34)/t21?,22-,25?,26+,28?,29?/m0/s1. The predicted molar refractivity (Wildman–Crippen MR) is 134 cm³/mol. The summed E-state index contributed by atoms with van der Waals surface area (Å²) in [5, 5.41) is 26.4. The fourth-order valence-corrected chi connectivity index (χ4v) is 9.21. The molecule has 6 atom stereocenters. The second-order valence-corrected chi connectivity index (χ2v) is 12.8. The number of benzene rings is 1. The van der Waals surface area contributed by atoms with Gasteiger partial charge in [-0.3, -0.25) is 9.69 Å². The van der Waals surface area contributed by atoms with E-state index in [1.807, 2.05) is 6.07 Å². The average molecular weight is 480 g/mol. The van der Waals surface area contributed by atoms with Crippen LogP contribution in [-0.4, -0.2) is 76.8 Å². The van der Waals surface area contributed by atoms with Crippen LogP contribution in [0.15, 0.2) is 18.2 Å². The fraction of sp³-hybridized carbons (Fsp3) is 0.759. The van der Waals surface area contributed by atoms with Crippen molar-refractivity contribution in [1.82, 2.24) is 15.1 Å². The molecule has 6 aliphatic rings. The van der Waals surface area contributed by atoms with Crippen molar-refractivity contribution in [2.24, 2.45) is 23.7 Å². The number of amides is 1. The molecular formula is C29H41N3O3. The molecule has 7 rings (SSSR count). The molecule has 190 valence electrons. The number of aliphatic hydroxyl groups is 1. The van der Waals surface area contributed by atoms with Crippen LogP contribution in [0.4, 0.5) is 0 Å². The van der Waals surface area contributed by atoms with E-state index in [2.05, 4.69) is 21.2 Å². The summed E-state index contributed by atoms with van der Waals surface area (Å²) in [6.45, 7) is 6.08. The maximum absolute atomic E-state index is 13.5. The average Bonchev–Trinajstić information content (AvgIpc) is 3.56. The first-order chi connectivity index (χ1) is 17.0. The van der Waals surface area contributed by atoms with E-state index in [-0.39, 0.29) is 23.6 Å². The Kier molecular flexibility index (Phi) is 5.28. The summed E-state index contributed by atoms with van der Waals surface area (Å²) in [7, 11) is 0. The van der Waals surface area contributed by atoms with Gasteiger partial charge in [-0.1, -0.05) is 12.5 Å². The number of likely N-dealkylation sites (tertiary alicyclic amines) is 2. The lowest BCUT2D eigenvalue weighted by molar-refractivity contribution is -0.126. The number of carbonyl (C=O) groups is 1. The van der Waals surface area contributed by atoms with Gasteiger partial charge in [0, 0.05) is 43.6 Å². The number of nitrogens with one attached hydrogen (secondary N) is 1. The molecule has 2 saturated heterocycles. The molecule has 2 heterocycles. The molecule has 0 radical (unpaired) electrons. The molecule has 2 aliphatic heterocycles. The second kappa shape index (κ2) is 8.19. The van der Waals surface area contributed by atoms with Gasteiger partial charge in [0.1, 0.15) is 5.75 Å². The minimum Gasteiger partial charge on any atom is -0.508 e. The van der Waals surface area contributed by atoms with Crippen LogP contribution in [0.25, 0.3) is 0 Å². The Hall–Kier alpha value is -1.63. The first-order valence-electron chi connectivity index (χ1n) is 14.3. The fourth-order valence-electron chi connectivity index (χ4n) is 9.21. The van der Waals surface area contributed by atoms with Crippen molar-refractivity contribution in [3.63, 3.8) is 0 Å². The van der Waals surface area contributed by atoms with Crippen LogP contribution in [0.5, 0.6) is 5.75 Å². The zero-order valence-corrected chi connectivity index (χ0v) is 20.9. The summed E-state index contributed by atoms with van der Waals surface area (Å²) in [4.78, 5) is 18.6. The van der Waals surface area contributed by atoms with Crippen molar-refractivity contribution in [2.75, 3.05) is 39.3 Å². The Bertz CT molecular complexity index is 1000. The van der Waals surface area contributed by atoms with Crippen LogP contribution in [-0.2, 0) is 16.6 Å². The van der Waals surface area contributed by atoms with Crippen LogP contribution in [0, 0.1) is 23.7 Å². The second-order valence-electron chi connectivity index (χ2n) is 12.8. The molecule has 3 N–H and O–H groups in total. The number of fused-ring (bicyclic) bond motifs is 3. The van der Waals surface area contributed by atoms with E-state index in [4.69, 9.17) is 0 Å². The number of carbonyl (C=O) groups excluding carboxylic acids is 1. The van der Waals surface area contributed by atoms with Gasteiger partial charge in [-0.25, -0.2) is 0 Å². The lowest BCUT2D eigenvalue weighted by Gasteiger charge is -2.47. The van der Waals surface area contributed by atoms with Gasteiger partial charge in [0.15, 0.2) is 0 Å². The molecule has 5 fully saturated rings. The molecular weight excluding hydrogens is 438 g/mol. The number of hydrogen-bond acceptors (Lipinski definition) is 5. The minimum atomic E-state index is -0.904. The van der Waals surface area contributed by atoms with E-state index in [0.29, 0.717) is 31.2 Å². The highest BCUT2D eigenvalue weighted by atomic mass is 16.3. The SMILES string of the molecule is O=C(NCCN1CCCCC1)[C@H]1CC23c4cc(O)ccc4CC4CN(CC5CC5)[C@H](CC42)C3(O)C1. The van der Waals surface area contributed by atoms with Gasteiger partial charge in [0.05, 0.1) is 5.60 Å². The summed E-state index contributed by atoms with van der Waals surface area (Å²) < 4.78 is 0. The molecule has 1 aromatic rings. The summed E-state index contributed by atoms with van der Waals surface area (Å²) in [5.74, 6) is 1.94. The highest BCUT2D eigenvalue weighted by Crippen LogP contribution is 2.69. The van der Waals surface area contributed by atoms with Crippen LogP contribution < -0.4 is 5.32 Å². The van der Waals surface area contributed by atoms with Crippen LogP contribution in [0.3, 0.4) is 0 Å². The molecule has 6 nitrogen and oxygen atoms in total. The highest BCUT2D eigenvalue weighted by Gasteiger charge is 2.75. The first kappa shape index (κ1) is 22.6. The highest BCUT2D eigenvalue weighted by molar-refractivity contribution is 5.80. The van der Waals surface area contributed by atoms with Gasteiger partial charge < -0.3 is 20.4 Å². The number of piperidine rings is 2. The maximum Gasteiger partial charge on any atom is 0.223 e. The third-order valence-corrected chi connectivity index (χ3v) is 10.8. The molecule has 4 unspecified atom stereocenters. The number of hydrogen-bond donors (Lipinski definition) is 3. The van der Waals surface area contributed by atoms with Gasteiger partial charge in [0.25, 0.3) is 0 Å². The number of rotatable bonds is 6. The zero-order valence-electron chi connectivity index (χ0n) is 20.9. The third kappa shape index (κ3) is 3.42. The summed E-state index contributed by atoms with van der Waals surface area (Å²) in [5.41, 5.74) is 1.10. The Labute approximate surface area is 209 Å². The predicted octanol–water partition coefficient (Wildman–Crippen LogP) is 2.66. The Morgan fingerprint density at radius 1 is 1.14 bits per heavy atom. The number of phenols is 1. The lowest BCUT2D eigenvalue weighted by Crippen LogP contribution is -2.55. The van der Waals surface area contributed by atoms with Gasteiger partial charge >= 0.3 is 0 Å². The number of aromatic hydroxyl groups is 1. The van der Waals surface area contributed by atoms with Crippen molar-refractivity contribution >= 4 is 5.91 Å². The molecule has 35 heavy (non-hydrogen) atoms. The van der Waals surface area contributed by atoms with Gasteiger partial charge in [-0.05, 0) is 105 Å². The van der Waals surface area contributed by atoms with E-state index < -0.39 is 11.0 Å². The molecule has 1 amide bonds. The number of phenolic OH excluding ortho intramolecular Hbond substituents is 1. The minimum absolute atomic E-state index is 0.120. The number of nitrogens with zero attached hydrogens (tertiary/aromatic N) is 2. The molecule has 3 saturated carbocycles. The third-order valence-electron chi connectivity index (χ3n) is 10.8. The lowest BCUT2D eigenvalue weighted by atomic mass is 9.57. The van der Waals surface area contributed by atoms with E-state index in [1.165, 1.54) is 37.7 Å². The molecule has 2 bridgehead atoms. The van der Waals surface area contributed by atoms with Gasteiger partial charge in [-0.2, -0.15) is 0 Å². The Morgan fingerprint density at radius 3 is 2.77 bits per heavy atom. The van der Waals surface area contributed by atoms with E-state index >= 15 is 0 Å². The summed E-state index contributed by atoms with van der Waals surface area (Å²) in [6.07, 6.45) is 9.80. The van der Waals surface area contributed by atoms with E-state index in [9.17, 15) is 15.0 Å². The van der Waals surface area contributed by atoms with Crippen molar-refractivity contribution in [3.05, 3.63) is 29.3 Å². The largest absolute Gasteiger partial charge is 0.508 e. The summed E-state index contributed by atoms with van der Waals surface area (Å²) in [6, 6.07) is 5.94. The van der Waals surface area contributed by atoms with Crippen molar-refractivity contribution in [1.29, 1.82) is 0 Å². The normalized spacial score (nSPS) is 40.4.